The van der Waals surface area contributed by atoms with Gasteiger partial charge >= 0.3 is 0 Å². The molecular weight excluding hydrogens is 267 g/mol. The summed E-state index contributed by atoms with van der Waals surface area (Å²) in [6.07, 6.45) is 2.12. The standard InChI is InChI=1S/C17H19FN2O/c1-16(2)10-8-9-17(16,3)14-13(10)15(21)20(19-14)12-7-5-4-6-11(12)18/h4-7,10,19H,8-9H2,1-3H3/t10-,17+/m0/s1. The van der Waals surface area contributed by atoms with E-state index in [-0.39, 0.29) is 28.1 Å². The fourth-order valence-corrected chi connectivity index (χ4v) is 4.45. The Morgan fingerprint density at radius 2 is 2.00 bits per heavy atom. The fourth-order valence-electron chi connectivity index (χ4n) is 4.45. The number of para-hydroxylation sites is 1. The van der Waals surface area contributed by atoms with Gasteiger partial charge in [-0.3, -0.25) is 9.89 Å². The van der Waals surface area contributed by atoms with Crippen molar-refractivity contribution in [1.82, 2.24) is 9.78 Å². The van der Waals surface area contributed by atoms with E-state index in [1.165, 1.54) is 10.7 Å². The van der Waals surface area contributed by atoms with Crippen LogP contribution in [0.3, 0.4) is 0 Å². The molecule has 0 saturated heterocycles. The van der Waals surface area contributed by atoms with Gasteiger partial charge in [0, 0.05) is 16.7 Å². The topological polar surface area (TPSA) is 37.8 Å². The van der Waals surface area contributed by atoms with Gasteiger partial charge in [0.15, 0.2) is 0 Å². The van der Waals surface area contributed by atoms with E-state index < -0.39 is 0 Å². The van der Waals surface area contributed by atoms with Crippen molar-refractivity contribution >= 4 is 0 Å². The van der Waals surface area contributed by atoms with Crippen LogP contribution in [0, 0.1) is 11.2 Å². The third-order valence-electron chi connectivity index (χ3n) is 6.15. The molecular formula is C17H19FN2O. The maximum absolute atomic E-state index is 14.0. The first-order valence-electron chi connectivity index (χ1n) is 7.48. The number of benzene rings is 1. The third-order valence-corrected chi connectivity index (χ3v) is 6.15. The Kier molecular flexibility index (Phi) is 2.25. The Bertz CT molecular complexity index is 801. The molecule has 21 heavy (non-hydrogen) atoms. The zero-order chi connectivity index (χ0) is 15.0. The largest absolute Gasteiger partial charge is 0.294 e. The molecule has 1 saturated carbocycles. The molecule has 1 N–H and O–H groups in total. The van der Waals surface area contributed by atoms with E-state index >= 15 is 0 Å². The first-order chi connectivity index (χ1) is 9.88. The summed E-state index contributed by atoms with van der Waals surface area (Å²) in [5, 5.41) is 3.21. The maximum Gasteiger partial charge on any atom is 0.275 e. The van der Waals surface area contributed by atoms with Crippen LogP contribution < -0.4 is 5.56 Å². The molecule has 1 aromatic carbocycles. The van der Waals surface area contributed by atoms with Crippen LogP contribution in [-0.2, 0) is 5.41 Å². The second-order valence-corrected chi connectivity index (χ2v) is 7.14. The number of halogens is 1. The Morgan fingerprint density at radius 3 is 2.67 bits per heavy atom. The van der Waals surface area contributed by atoms with Gasteiger partial charge < -0.3 is 0 Å². The summed E-state index contributed by atoms with van der Waals surface area (Å²) in [5.74, 6) is -0.106. The Balaban J connectivity index is 1.98. The monoisotopic (exact) mass is 286 g/mol. The summed E-state index contributed by atoms with van der Waals surface area (Å²) >= 11 is 0. The van der Waals surface area contributed by atoms with E-state index in [1.54, 1.807) is 18.2 Å². The average molecular weight is 286 g/mol. The zero-order valence-electron chi connectivity index (χ0n) is 12.5. The summed E-state index contributed by atoms with van der Waals surface area (Å²) in [4.78, 5) is 12.8. The molecule has 1 heterocycles. The van der Waals surface area contributed by atoms with Gasteiger partial charge in [0.2, 0.25) is 0 Å². The van der Waals surface area contributed by atoms with Crippen molar-refractivity contribution in [3.05, 3.63) is 51.7 Å². The van der Waals surface area contributed by atoms with Crippen LogP contribution in [0.25, 0.3) is 5.69 Å². The molecule has 1 aromatic heterocycles. The van der Waals surface area contributed by atoms with Gasteiger partial charge in [-0.25, -0.2) is 9.07 Å². The van der Waals surface area contributed by atoms with Crippen LogP contribution in [0.5, 0.6) is 0 Å². The third kappa shape index (κ3) is 1.31. The van der Waals surface area contributed by atoms with E-state index in [9.17, 15) is 9.18 Å². The van der Waals surface area contributed by atoms with Crippen molar-refractivity contribution < 1.29 is 4.39 Å². The highest BCUT2D eigenvalue weighted by Crippen LogP contribution is 2.66. The molecule has 2 bridgehead atoms. The summed E-state index contributed by atoms with van der Waals surface area (Å²) in [7, 11) is 0. The second-order valence-electron chi connectivity index (χ2n) is 7.14. The molecule has 1 fully saturated rings. The van der Waals surface area contributed by atoms with Crippen molar-refractivity contribution in [3.63, 3.8) is 0 Å². The van der Waals surface area contributed by atoms with Crippen molar-refractivity contribution in [2.45, 2.75) is 44.9 Å². The molecule has 2 aromatic rings. The second kappa shape index (κ2) is 3.67. The predicted molar refractivity (Wildman–Crippen MR) is 79.5 cm³/mol. The lowest BCUT2D eigenvalue weighted by Crippen LogP contribution is -2.33. The highest BCUT2D eigenvalue weighted by atomic mass is 19.1. The average Bonchev–Trinajstić information content (AvgIpc) is 2.94. The lowest BCUT2D eigenvalue weighted by molar-refractivity contribution is 0.224. The lowest BCUT2D eigenvalue weighted by atomic mass is 9.70. The molecule has 2 aliphatic rings. The van der Waals surface area contributed by atoms with E-state index in [4.69, 9.17) is 0 Å². The zero-order valence-corrected chi connectivity index (χ0v) is 12.5. The summed E-state index contributed by atoms with van der Waals surface area (Å²) in [6.45, 7) is 6.71. The molecule has 0 spiro atoms. The normalized spacial score (nSPS) is 28.9. The number of nitrogens with one attached hydrogen (secondary N) is 1. The number of nitrogens with zero attached hydrogens (tertiary/aromatic N) is 1. The Morgan fingerprint density at radius 1 is 1.29 bits per heavy atom. The quantitative estimate of drug-likeness (QED) is 0.856. The van der Waals surface area contributed by atoms with Gasteiger partial charge in [0.1, 0.15) is 11.5 Å². The molecule has 110 valence electrons. The maximum atomic E-state index is 14.0. The molecule has 2 atom stereocenters. The number of aromatic nitrogens is 2. The van der Waals surface area contributed by atoms with Crippen LogP contribution >= 0.6 is 0 Å². The molecule has 0 aliphatic heterocycles. The number of aromatic amines is 1. The fraction of sp³-hybridized carbons (Fsp3) is 0.471. The molecule has 0 radical (unpaired) electrons. The van der Waals surface area contributed by atoms with Crippen LogP contribution in [0.4, 0.5) is 4.39 Å². The van der Waals surface area contributed by atoms with Gasteiger partial charge in [0.05, 0.1) is 0 Å². The first-order valence-corrected chi connectivity index (χ1v) is 7.48. The minimum Gasteiger partial charge on any atom is -0.294 e. The highest BCUT2D eigenvalue weighted by molar-refractivity contribution is 5.46. The minimum atomic E-state index is -0.378. The Labute approximate surface area is 122 Å². The molecule has 2 aliphatic carbocycles. The van der Waals surface area contributed by atoms with Crippen molar-refractivity contribution in [2.75, 3.05) is 0 Å². The summed E-state index contributed by atoms with van der Waals surface area (Å²) in [6, 6.07) is 6.40. The summed E-state index contributed by atoms with van der Waals surface area (Å²) in [5.41, 5.74) is 2.16. The van der Waals surface area contributed by atoms with Gasteiger partial charge in [-0.05, 0) is 36.3 Å². The van der Waals surface area contributed by atoms with E-state index in [0.29, 0.717) is 5.69 Å². The van der Waals surface area contributed by atoms with Crippen molar-refractivity contribution in [1.29, 1.82) is 0 Å². The summed E-state index contributed by atoms with van der Waals surface area (Å²) < 4.78 is 15.4. The van der Waals surface area contributed by atoms with Crippen LogP contribution in [0.2, 0.25) is 0 Å². The highest BCUT2D eigenvalue weighted by Gasteiger charge is 2.61. The van der Waals surface area contributed by atoms with Crippen molar-refractivity contribution in [2.24, 2.45) is 5.41 Å². The SMILES string of the molecule is CC1(C)[C@H]2CC[C@]1(C)c1[nH]n(-c3ccccc3F)c(=O)c12. The van der Waals surface area contributed by atoms with Gasteiger partial charge in [-0.1, -0.05) is 32.9 Å². The van der Waals surface area contributed by atoms with Crippen LogP contribution in [-0.4, -0.2) is 9.78 Å². The molecule has 3 nitrogen and oxygen atoms in total. The van der Waals surface area contributed by atoms with Gasteiger partial charge in [-0.15, -0.1) is 0 Å². The van der Waals surface area contributed by atoms with Crippen LogP contribution in [0.1, 0.15) is 50.8 Å². The van der Waals surface area contributed by atoms with Gasteiger partial charge in [-0.2, -0.15) is 0 Å². The number of H-pyrrole nitrogens is 1. The number of rotatable bonds is 1. The molecule has 0 amide bonds. The van der Waals surface area contributed by atoms with Crippen molar-refractivity contribution in [3.8, 4) is 5.69 Å². The first kappa shape index (κ1) is 12.9. The van der Waals surface area contributed by atoms with E-state index in [0.717, 1.165) is 24.1 Å². The smallest absolute Gasteiger partial charge is 0.275 e. The van der Waals surface area contributed by atoms with E-state index in [1.807, 2.05) is 0 Å². The predicted octanol–water partition coefficient (Wildman–Crippen LogP) is 3.48. The Hall–Kier alpha value is -1.84. The van der Waals surface area contributed by atoms with Crippen LogP contribution in [0.15, 0.2) is 29.1 Å². The van der Waals surface area contributed by atoms with Gasteiger partial charge in [0.25, 0.3) is 5.56 Å². The number of fused-ring (bicyclic) bond motifs is 5. The molecule has 4 heteroatoms. The number of hydrogen-bond acceptors (Lipinski definition) is 1. The lowest BCUT2D eigenvalue weighted by Gasteiger charge is -2.34. The minimum absolute atomic E-state index is 0.0251. The molecule has 0 unspecified atom stereocenters. The van der Waals surface area contributed by atoms with E-state index in [2.05, 4.69) is 25.9 Å². The number of hydrogen-bond donors (Lipinski definition) is 1. The molecule has 4 rings (SSSR count).